The third-order valence-electron chi connectivity index (χ3n) is 17.1. The fourth-order valence-electron chi connectivity index (χ4n) is 9.89. The largest absolute Gasteiger partial charge is 2.00 e. The number of halogens is 3. The summed E-state index contributed by atoms with van der Waals surface area (Å²) in [6.45, 7) is 45.1. The summed E-state index contributed by atoms with van der Waals surface area (Å²) in [5, 5.41) is 53.2. The Bertz CT molecular complexity index is 4180. The van der Waals surface area contributed by atoms with E-state index in [2.05, 4.69) is 57.6 Å². The first-order valence-electron chi connectivity index (χ1n) is 41.2. The summed E-state index contributed by atoms with van der Waals surface area (Å²) in [5.41, 5.74) is 12.5. The molecule has 1 amide bonds. The van der Waals surface area contributed by atoms with E-state index in [1.165, 1.54) is 67.8 Å². The second kappa shape index (κ2) is 59.4. The quantitative estimate of drug-likeness (QED) is 0.0100. The first-order valence-corrected chi connectivity index (χ1v) is 48.4. The zero-order valence-electron chi connectivity index (χ0n) is 77.4. The van der Waals surface area contributed by atoms with Crippen LogP contribution < -0.4 is 42.5 Å². The molecule has 7 aromatic rings. The Hall–Kier alpha value is -5.68. The van der Waals surface area contributed by atoms with Crippen molar-refractivity contribution >= 4 is 97.0 Å². The Balaban J connectivity index is -0.00000138. The first-order chi connectivity index (χ1) is 55.0. The summed E-state index contributed by atoms with van der Waals surface area (Å²) >= 11 is 0. The number of carboxylic acid groups (broad SMARTS) is 1. The fourth-order valence-corrected chi connectivity index (χ4v) is 12.6. The minimum atomic E-state index is -1.94. The van der Waals surface area contributed by atoms with Gasteiger partial charge in [-0.1, -0.05) is 188 Å². The average molecular weight is 1880 g/mol. The number of nitrogens with one attached hydrogen (secondary N) is 2. The minimum Gasteiger partial charge on any atom is -1.00 e. The zero-order chi connectivity index (χ0) is 91.0. The third kappa shape index (κ3) is 54.4. The van der Waals surface area contributed by atoms with E-state index in [0.717, 1.165) is 83.4 Å². The third-order valence-corrected chi connectivity index (χ3v) is 23.9. The van der Waals surface area contributed by atoms with Crippen LogP contribution in [0.2, 0.25) is 24.7 Å². The van der Waals surface area contributed by atoms with Crippen molar-refractivity contribution in [2.75, 3.05) is 17.3 Å². The van der Waals surface area contributed by atoms with E-state index >= 15 is 0 Å². The van der Waals surface area contributed by atoms with Crippen LogP contribution in [0, 0.1) is 42.4 Å². The monoisotopic (exact) mass is 1870 g/mol. The normalized spacial score (nSPS) is 13.8. The van der Waals surface area contributed by atoms with Crippen molar-refractivity contribution in [1.82, 2.24) is 19.8 Å². The smallest absolute Gasteiger partial charge is 1.00 e. The van der Waals surface area contributed by atoms with Crippen LogP contribution in [0.5, 0.6) is 0 Å². The molecule has 0 radical (unpaired) electrons. The van der Waals surface area contributed by atoms with Gasteiger partial charge in [0.25, 0.3) is 0 Å². The number of anilines is 2. The van der Waals surface area contributed by atoms with E-state index in [-0.39, 0.29) is 120 Å². The summed E-state index contributed by atoms with van der Waals surface area (Å²) < 4.78 is 78.9. The van der Waals surface area contributed by atoms with Gasteiger partial charge in [0.15, 0.2) is 11.5 Å². The van der Waals surface area contributed by atoms with Crippen molar-refractivity contribution in [1.29, 1.82) is 0 Å². The number of aromatic nitrogens is 2. The van der Waals surface area contributed by atoms with Crippen molar-refractivity contribution in [3.05, 3.63) is 215 Å². The van der Waals surface area contributed by atoms with E-state index in [0.29, 0.717) is 22.9 Å². The number of benzene rings is 6. The maximum Gasteiger partial charge on any atom is 2.00 e. The molecule has 10 rings (SSSR count). The molecule has 676 valence electrons. The van der Waals surface area contributed by atoms with E-state index in [9.17, 15) is 41.2 Å². The number of aryl methyl sites for hydroxylation is 1. The number of aliphatic hydroxyl groups is 4. The number of amides is 1. The van der Waals surface area contributed by atoms with Gasteiger partial charge in [-0.05, 0) is 240 Å². The summed E-state index contributed by atoms with van der Waals surface area (Å²) in [5.74, 6) is 1.11. The number of alkyl carbamates (subject to hydrolysis) is 1. The molecule has 3 saturated carbocycles. The average Bonchev–Trinajstić information content (AvgIpc) is 1.08. The van der Waals surface area contributed by atoms with Crippen molar-refractivity contribution < 1.29 is 105 Å². The van der Waals surface area contributed by atoms with E-state index in [1.54, 1.807) is 126 Å². The molecule has 0 spiro atoms. The summed E-state index contributed by atoms with van der Waals surface area (Å²) in [4.78, 5) is 34.6. The number of nitrogens with two attached hydrogens (primary N) is 2. The van der Waals surface area contributed by atoms with Gasteiger partial charge in [0.2, 0.25) is 0 Å². The molecule has 2 unspecified atom stereocenters. The number of carboxylic acids is 1. The van der Waals surface area contributed by atoms with Crippen molar-refractivity contribution in [3.63, 3.8) is 0 Å². The molecule has 1 heterocycles. The molecule has 0 bridgehead atoms. The molecule has 1 aromatic heterocycles. The number of hydrogen-bond donors (Lipinski definition) is 9. The molecule has 6 aromatic carbocycles. The summed E-state index contributed by atoms with van der Waals surface area (Å²) in [6.07, 6.45) is 12.5. The molecule has 0 saturated heterocycles. The second-order valence-electron chi connectivity index (χ2n) is 36.0. The van der Waals surface area contributed by atoms with Crippen LogP contribution in [0.3, 0.4) is 0 Å². The van der Waals surface area contributed by atoms with Gasteiger partial charge in [-0.2, -0.15) is 23.3 Å². The van der Waals surface area contributed by atoms with Gasteiger partial charge in [-0.25, -0.2) is 36.2 Å². The molecule has 3 atom stereocenters. The van der Waals surface area contributed by atoms with Crippen LogP contribution in [0.15, 0.2) is 162 Å². The Morgan fingerprint density at radius 2 is 1.11 bits per heavy atom. The van der Waals surface area contributed by atoms with E-state index in [4.69, 9.17) is 36.0 Å². The van der Waals surface area contributed by atoms with Gasteiger partial charge in [-0.15, -0.1) is 6.07 Å². The number of carbonyl (C=O) groups excluding carboxylic acids is 2. The van der Waals surface area contributed by atoms with Crippen LogP contribution in [0.1, 0.15) is 264 Å². The number of Topliss-reactive ketones (excluding diaryl/α,β-unsaturated/α-hetero) is 1. The second-order valence-corrected chi connectivity index (χ2v) is 47.1. The molecule has 0 aliphatic heterocycles. The van der Waals surface area contributed by atoms with Gasteiger partial charge in [0.05, 0.1) is 54.1 Å². The van der Waals surface area contributed by atoms with Gasteiger partial charge in [-0.3, -0.25) is 14.6 Å². The number of aliphatic hydroxyl groups excluding tert-OH is 4. The molecule has 29 heteroatoms. The maximum atomic E-state index is 13.9. The number of ketones is 1. The molecule has 20 nitrogen and oxygen atoms in total. The van der Waals surface area contributed by atoms with E-state index in [1.807, 2.05) is 159 Å². The molecule has 3 aliphatic carbocycles. The zero-order valence-corrected chi connectivity index (χ0v) is 85.6. The van der Waals surface area contributed by atoms with Gasteiger partial charge in [0.1, 0.15) is 19.7 Å². The molecule has 122 heavy (non-hydrogen) atoms. The molecule has 11 N–H and O–H groups in total. The molecular formula is C93H145BrF2MgN8O12S2Si2Ti. The fraction of sp³-hybridized carbons (Fsp3) is 0.538. The molecular weight excluding hydrogens is 1730 g/mol. The van der Waals surface area contributed by atoms with Crippen molar-refractivity contribution in [2.45, 2.75) is 299 Å². The van der Waals surface area contributed by atoms with Crippen LogP contribution in [0.4, 0.5) is 25.0 Å². The van der Waals surface area contributed by atoms with Gasteiger partial charge in [0, 0.05) is 81.2 Å². The Morgan fingerprint density at radius 3 is 1.52 bits per heavy atom. The topological polar surface area (TPSA) is 322 Å². The van der Waals surface area contributed by atoms with Crippen molar-refractivity contribution in [2.24, 2.45) is 27.6 Å². The van der Waals surface area contributed by atoms with Crippen LogP contribution in [0.25, 0.3) is 5.69 Å². The number of nitrogen functional groups attached to an aromatic ring is 1. The minimum absolute atomic E-state index is 0. The number of hydrogen-bond acceptors (Lipinski definition) is 14. The van der Waals surface area contributed by atoms with Crippen molar-refractivity contribution in [3.8, 4) is 5.69 Å². The molecule has 3 fully saturated rings. The Morgan fingerprint density at radius 1 is 0.656 bits per heavy atom. The SMILES string of the molecule is CC(C)(C)S(=O)NC(CCC1CC1)(c1ccccc1)c1ccc(F)c(N)c1.CC(C)(C)[S@](N)=O.CC(C)(C)[Si](=O)N=C(CCC1CC1)c1ccccc1.CC(C)O.CC(C)O.CC(C)O.CC(C)O.CN(c1c[c-]ccc1F)[Si](C)(C)C.Cc1cc(C(=O)O)n(-c2cccc(CNC(=O)OC(C)(C)C)c2)n1.O=C(CCC1CC1)c1ccccc1.[Br-].[Mg+2].[Ti]. The Kier molecular flexibility index (Phi) is 58.6. The van der Waals surface area contributed by atoms with Crippen LogP contribution in [-0.2, 0) is 65.0 Å². The van der Waals surface area contributed by atoms with E-state index < -0.39 is 72.8 Å². The van der Waals surface area contributed by atoms with Gasteiger partial charge < -0.3 is 67.3 Å². The number of ether oxygens (including phenoxy) is 1. The van der Waals surface area contributed by atoms with Gasteiger partial charge >= 0.3 is 44.0 Å². The standard InChI is InChI=1S/C22H29FN2OS.C17H21N3O4.C16H23NOSi.C12H14O.C10H15FNSi.C4H11NOS.4C3H8O.BrH.Mg.Ti/c1-21(2,3)27(26)25-22(14-13-16-9-10-16,17-7-5-4-6-8-17)18-11-12-19(23)20(24)15-18;1-11-8-14(15(21)22)20(19-11)13-7-5-6-12(9-13)10-18-16(23)24-17(2,3)4;1-16(2,3)19(18)17-15(12-11-13-9-10-13)14-7-5-4-6-8-14;13-12(9-8-10-6-7-10)11-4-2-1-3-5-11;1-12(13(2,3)4)10-8-6-5-7-9(10)11;1-4(2,3)7(5)6;4*1-3(2)4;;;/h4-8,11-12,15-16,25H,9-10,13-14,24H2,1-3H3;5-9H,10H2,1-4H3,(H,18,23)(H,21,22);4-8,13H,9-12H2,1-3H3;1-5,10H,6-9H2;5,7-8H,1-4H3;5H2,1-3H3;4*3-4H,1-2H3;1H;;/q;;;;-1;;;;;;;+2;/p-1/t;;;;;7-;;;;;;;/m.....1......./s1. The number of carbonyl (C=O) groups is 3. The Labute approximate surface area is 779 Å². The predicted molar refractivity (Wildman–Crippen MR) is 497 cm³/mol. The first kappa shape index (κ1) is 120. The number of nitrogens with zero attached hydrogens (tertiary/aromatic N) is 4. The predicted octanol–water partition coefficient (Wildman–Crippen LogP) is 16.7. The number of rotatable bonds is 22. The van der Waals surface area contributed by atoms with Crippen LogP contribution >= 0.6 is 0 Å². The summed E-state index contributed by atoms with van der Waals surface area (Å²) in [7, 11) is -3.94. The maximum absolute atomic E-state index is 13.9. The van der Waals surface area contributed by atoms with Crippen LogP contribution in [-0.4, -0.2) is 154 Å². The summed E-state index contributed by atoms with van der Waals surface area (Å²) in [6, 6.07) is 50.9. The molecule has 3 aliphatic rings. The number of aromatic carboxylic acids is 1.